The number of nitrogens with zero attached hydrogens (tertiary/aromatic N) is 1. The highest BCUT2D eigenvalue weighted by Gasteiger charge is 2.29. The summed E-state index contributed by atoms with van der Waals surface area (Å²) in [6.07, 6.45) is 4.11. The fourth-order valence-electron chi connectivity index (χ4n) is 1.01. The Morgan fingerprint density at radius 1 is 1.58 bits per heavy atom. The number of rotatable bonds is 4. The van der Waals surface area contributed by atoms with E-state index in [0.29, 0.717) is 0 Å². The third kappa shape index (κ3) is 3.03. The van der Waals surface area contributed by atoms with Crippen molar-refractivity contribution in [2.24, 2.45) is 11.0 Å². The fourth-order valence-corrected chi connectivity index (χ4v) is 1.01. The summed E-state index contributed by atoms with van der Waals surface area (Å²) in [5.74, 6) is 0.341. The van der Waals surface area contributed by atoms with Crippen molar-refractivity contribution in [3.63, 3.8) is 0 Å². The molecule has 0 spiro atoms. The summed E-state index contributed by atoms with van der Waals surface area (Å²) in [6.45, 7) is 4.04. The Kier molecular flexibility index (Phi) is 3.26. The van der Waals surface area contributed by atoms with Gasteiger partial charge >= 0.3 is 0 Å². The molecule has 0 aliphatic heterocycles. The Morgan fingerprint density at radius 2 is 2.25 bits per heavy atom. The predicted molar refractivity (Wildman–Crippen MR) is 48.9 cm³/mol. The minimum absolute atomic E-state index is 0.0884. The molecule has 0 bridgehead atoms. The highest BCUT2D eigenvalue weighted by Crippen LogP contribution is 2.28. The first-order chi connectivity index (χ1) is 5.74. The average Bonchev–Trinajstić information content (AvgIpc) is 2.83. The number of amides is 1. The molecule has 0 unspecified atom stereocenters. The van der Waals surface area contributed by atoms with Gasteiger partial charge in [-0.15, -0.1) is 0 Å². The average molecular weight is 168 g/mol. The van der Waals surface area contributed by atoms with Crippen LogP contribution in [0.2, 0.25) is 0 Å². The zero-order valence-electron chi connectivity index (χ0n) is 7.76. The molecule has 1 fully saturated rings. The van der Waals surface area contributed by atoms with Crippen LogP contribution in [0.1, 0.15) is 39.5 Å². The maximum Gasteiger partial charge on any atom is 0.243 e. The molecule has 1 rings (SSSR count). The van der Waals surface area contributed by atoms with E-state index in [9.17, 15) is 4.79 Å². The lowest BCUT2D eigenvalue weighted by Crippen LogP contribution is -2.20. The van der Waals surface area contributed by atoms with Gasteiger partial charge in [-0.1, -0.05) is 13.3 Å². The van der Waals surface area contributed by atoms with Crippen LogP contribution in [0.3, 0.4) is 0 Å². The molecule has 1 saturated carbocycles. The van der Waals surface area contributed by atoms with Gasteiger partial charge in [-0.3, -0.25) is 4.79 Å². The number of nitrogens with one attached hydrogen (secondary N) is 1. The standard InChI is InChI=1S/C9H16N2O/c1-3-4-7(2)10-11-9(12)8-5-6-8/h8H,3-6H2,1-2H3,(H,11,12). The number of carbonyl (C=O) groups excluding carboxylic acids is 1. The van der Waals surface area contributed by atoms with E-state index < -0.39 is 0 Å². The molecule has 1 aliphatic carbocycles. The van der Waals surface area contributed by atoms with E-state index in [0.717, 1.165) is 31.4 Å². The van der Waals surface area contributed by atoms with Crippen LogP contribution < -0.4 is 5.43 Å². The smallest absolute Gasteiger partial charge is 0.243 e. The van der Waals surface area contributed by atoms with Gasteiger partial charge < -0.3 is 0 Å². The maximum absolute atomic E-state index is 11.1. The van der Waals surface area contributed by atoms with Crippen molar-refractivity contribution < 1.29 is 4.79 Å². The van der Waals surface area contributed by atoms with Crippen LogP contribution in [-0.2, 0) is 4.79 Å². The molecule has 0 aromatic carbocycles. The minimum Gasteiger partial charge on any atom is -0.273 e. The minimum atomic E-state index is 0.0884. The van der Waals surface area contributed by atoms with Crippen LogP contribution in [-0.4, -0.2) is 11.6 Å². The number of hydrazone groups is 1. The zero-order chi connectivity index (χ0) is 8.97. The van der Waals surface area contributed by atoms with Gasteiger partial charge in [0.2, 0.25) is 5.91 Å². The molecule has 3 heteroatoms. The highest BCUT2D eigenvalue weighted by molar-refractivity contribution is 5.85. The third-order valence-corrected chi connectivity index (χ3v) is 1.92. The molecule has 68 valence electrons. The molecule has 0 aromatic heterocycles. The Morgan fingerprint density at radius 3 is 2.75 bits per heavy atom. The summed E-state index contributed by atoms with van der Waals surface area (Å²) in [6, 6.07) is 0. The van der Waals surface area contributed by atoms with Gasteiger partial charge in [-0.25, -0.2) is 5.43 Å². The molecule has 1 amide bonds. The van der Waals surface area contributed by atoms with E-state index in [-0.39, 0.29) is 11.8 Å². The third-order valence-electron chi connectivity index (χ3n) is 1.92. The number of carbonyl (C=O) groups is 1. The van der Waals surface area contributed by atoms with Crippen molar-refractivity contribution in [1.29, 1.82) is 0 Å². The van der Waals surface area contributed by atoms with Gasteiger partial charge in [0.1, 0.15) is 0 Å². The van der Waals surface area contributed by atoms with Gasteiger partial charge in [-0.05, 0) is 26.2 Å². The summed E-state index contributed by atoms with van der Waals surface area (Å²) in [7, 11) is 0. The van der Waals surface area contributed by atoms with E-state index in [4.69, 9.17) is 0 Å². The molecule has 3 nitrogen and oxygen atoms in total. The van der Waals surface area contributed by atoms with E-state index in [1.807, 2.05) is 6.92 Å². The van der Waals surface area contributed by atoms with E-state index >= 15 is 0 Å². The second-order valence-corrected chi connectivity index (χ2v) is 3.35. The summed E-state index contributed by atoms with van der Waals surface area (Å²) in [5, 5.41) is 3.99. The lowest BCUT2D eigenvalue weighted by atomic mass is 10.2. The Labute approximate surface area is 73.2 Å². The van der Waals surface area contributed by atoms with Crippen molar-refractivity contribution >= 4 is 11.6 Å². The highest BCUT2D eigenvalue weighted by atomic mass is 16.2. The summed E-state index contributed by atoms with van der Waals surface area (Å²) in [5.41, 5.74) is 3.58. The fraction of sp³-hybridized carbons (Fsp3) is 0.778. The van der Waals surface area contributed by atoms with Gasteiger partial charge in [0, 0.05) is 11.6 Å². The summed E-state index contributed by atoms with van der Waals surface area (Å²) < 4.78 is 0. The second-order valence-electron chi connectivity index (χ2n) is 3.35. The van der Waals surface area contributed by atoms with Gasteiger partial charge in [-0.2, -0.15) is 5.10 Å². The van der Waals surface area contributed by atoms with Crippen molar-refractivity contribution in [2.45, 2.75) is 39.5 Å². The van der Waals surface area contributed by atoms with Crippen LogP contribution in [0.5, 0.6) is 0 Å². The topological polar surface area (TPSA) is 41.5 Å². The summed E-state index contributed by atoms with van der Waals surface area (Å²) in [4.78, 5) is 11.1. The maximum atomic E-state index is 11.1. The molecule has 1 N–H and O–H groups in total. The molecule has 12 heavy (non-hydrogen) atoms. The zero-order valence-corrected chi connectivity index (χ0v) is 7.76. The number of hydrogen-bond acceptors (Lipinski definition) is 2. The van der Waals surface area contributed by atoms with E-state index in [2.05, 4.69) is 17.5 Å². The van der Waals surface area contributed by atoms with Crippen molar-refractivity contribution in [3.05, 3.63) is 0 Å². The Hall–Kier alpha value is -0.860. The molecule has 1 aliphatic rings. The molecular weight excluding hydrogens is 152 g/mol. The lowest BCUT2D eigenvalue weighted by Gasteiger charge is -1.98. The molecule has 0 radical (unpaired) electrons. The quantitative estimate of drug-likeness (QED) is 0.503. The van der Waals surface area contributed by atoms with Crippen LogP contribution in [0.4, 0.5) is 0 Å². The first-order valence-electron chi connectivity index (χ1n) is 4.57. The molecule has 0 aromatic rings. The van der Waals surface area contributed by atoms with Gasteiger partial charge in [0.15, 0.2) is 0 Å². The monoisotopic (exact) mass is 168 g/mol. The molecule has 0 atom stereocenters. The first kappa shape index (κ1) is 9.23. The van der Waals surface area contributed by atoms with Crippen molar-refractivity contribution in [3.8, 4) is 0 Å². The van der Waals surface area contributed by atoms with Crippen molar-refractivity contribution in [1.82, 2.24) is 5.43 Å². The molecule has 0 saturated heterocycles. The molecular formula is C9H16N2O. The van der Waals surface area contributed by atoms with Crippen LogP contribution in [0.25, 0.3) is 0 Å². The second kappa shape index (κ2) is 4.24. The lowest BCUT2D eigenvalue weighted by molar-refractivity contribution is -0.122. The Balaban J connectivity index is 2.21. The summed E-state index contributed by atoms with van der Waals surface area (Å²) >= 11 is 0. The largest absolute Gasteiger partial charge is 0.273 e. The first-order valence-corrected chi connectivity index (χ1v) is 4.57. The van der Waals surface area contributed by atoms with Crippen LogP contribution in [0, 0.1) is 5.92 Å². The van der Waals surface area contributed by atoms with Gasteiger partial charge in [0.25, 0.3) is 0 Å². The predicted octanol–water partition coefficient (Wildman–Crippen LogP) is 1.69. The Bertz CT molecular complexity index is 195. The van der Waals surface area contributed by atoms with Crippen LogP contribution in [0.15, 0.2) is 5.10 Å². The molecule has 0 heterocycles. The van der Waals surface area contributed by atoms with Gasteiger partial charge in [0.05, 0.1) is 0 Å². The van der Waals surface area contributed by atoms with E-state index in [1.165, 1.54) is 0 Å². The van der Waals surface area contributed by atoms with Crippen molar-refractivity contribution in [2.75, 3.05) is 0 Å². The normalized spacial score (nSPS) is 17.7. The SMILES string of the molecule is CCCC(C)=NNC(=O)C1CC1. The van der Waals surface area contributed by atoms with Crippen LogP contribution >= 0.6 is 0 Å². The number of hydrogen-bond donors (Lipinski definition) is 1. The van der Waals surface area contributed by atoms with E-state index in [1.54, 1.807) is 0 Å².